The standard InChI is InChI=1S/C15H17F2N3O3/c1-2-23-13(21)15(16,17)14(22)4-7-20(8-5-14)12-3-6-19-11(9-12)10-18/h3,6,9,22H,2,4-5,7-8H2,1H3. The lowest BCUT2D eigenvalue weighted by molar-refractivity contribution is -0.217. The zero-order chi connectivity index (χ0) is 17.1. The van der Waals surface area contributed by atoms with Gasteiger partial charge in [0.2, 0.25) is 0 Å². The third-order valence-electron chi connectivity index (χ3n) is 3.93. The third kappa shape index (κ3) is 3.24. The predicted octanol–water partition coefficient (Wildman–Crippen LogP) is 1.48. The second-order valence-corrected chi connectivity index (χ2v) is 5.32. The summed E-state index contributed by atoms with van der Waals surface area (Å²) in [5.74, 6) is -5.66. The van der Waals surface area contributed by atoms with Crippen LogP contribution in [0.25, 0.3) is 0 Å². The van der Waals surface area contributed by atoms with Gasteiger partial charge in [-0.15, -0.1) is 0 Å². The number of aromatic nitrogens is 1. The number of esters is 1. The van der Waals surface area contributed by atoms with Crippen LogP contribution in [0.4, 0.5) is 14.5 Å². The summed E-state index contributed by atoms with van der Waals surface area (Å²) < 4.78 is 32.6. The summed E-state index contributed by atoms with van der Waals surface area (Å²) in [7, 11) is 0. The molecular weight excluding hydrogens is 308 g/mol. The first-order valence-corrected chi connectivity index (χ1v) is 7.22. The summed E-state index contributed by atoms with van der Waals surface area (Å²) in [6, 6.07) is 5.12. The molecule has 0 radical (unpaired) electrons. The highest BCUT2D eigenvalue weighted by molar-refractivity contribution is 5.79. The van der Waals surface area contributed by atoms with Crippen molar-refractivity contribution in [2.45, 2.75) is 31.3 Å². The number of alkyl halides is 2. The molecule has 0 aromatic carbocycles. The van der Waals surface area contributed by atoms with E-state index in [1.807, 2.05) is 6.07 Å². The molecule has 1 aliphatic heterocycles. The Morgan fingerprint density at radius 2 is 2.22 bits per heavy atom. The molecule has 0 atom stereocenters. The van der Waals surface area contributed by atoms with Gasteiger partial charge in [-0.2, -0.15) is 14.0 Å². The summed E-state index contributed by atoms with van der Waals surface area (Å²) >= 11 is 0. The molecule has 6 nitrogen and oxygen atoms in total. The van der Waals surface area contributed by atoms with Crippen LogP contribution in [0.15, 0.2) is 18.3 Å². The molecule has 0 unspecified atom stereocenters. The molecule has 23 heavy (non-hydrogen) atoms. The van der Waals surface area contributed by atoms with Gasteiger partial charge in [-0.25, -0.2) is 9.78 Å². The van der Waals surface area contributed by atoms with Crippen molar-refractivity contribution in [1.82, 2.24) is 4.98 Å². The molecule has 1 aromatic rings. The summed E-state index contributed by atoms with van der Waals surface area (Å²) in [5.41, 5.74) is -1.54. The van der Waals surface area contributed by atoms with Gasteiger partial charge in [0.15, 0.2) is 0 Å². The van der Waals surface area contributed by atoms with Crippen molar-refractivity contribution in [2.75, 3.05) is 24.6 Å². The minimum Gasteiger partial charge on any atom is -0.461 e. The fourth-order valence-corrected chi connectivity index (χ4v) is 2.54. The minimum atomic E-state index is -3.95. The Hall–Kier alpha value is -2.27. The number of piperidine rings is 1. The number of nitrogens with zero attached hydrogens (tertiary/aromatic N) is 3. The Morgan fingerprint density at radius 1 is 1.57 bits per heavy atom. The van der Waals surface area contributed by atoms with E-state index >= 15 is 0 Å². The van der Waals surface area contributed by atoms with Crippen LogP contribution in [-0.4, -0.2) is 47.3 Å². The number of rotatable bonds is 4. The highest BCUT2D eigenvalue weighted by atomic mass is 19.3. The number of pyridine rings is 1. The molecule has 8 heteroatoms. The van der Waals surface area contributed by atoms with Crippen LogP contribution in [0.2, 0.25) is 0 Å². The maximum Gasteiger partial charge on any atom is 0.380 e. The monoisotopic (exact) mass is 325 g/mol. The van der Waals surface area contributed by atoms with Gasteiger partial charge in [0.05, 0.1) is 6.61 Å². The van der Waals surface area contributed by atoms with E-state index in [2.05, 4.69) is 9.72 Å². The first kappa shape index (κ1) is 17.1. The fourth-order valence-electron chi connectivity index (χ4n) is 2.54. The smallest absolute Gasteiger partial charge is 0.380 e. The van der Waals surface area contributed by atoms with Gasteiger partial charge in [0.25, 0.3) is 0 Å². The molecule has 1 N–H and O–H groups in total. The summed E-state index contributed by atoms with van der Waals surface area (Å²) in [6.45, 7) is 1.50. The van der Waals surface area contributed by atoms with E-state index in [0.29, 0.717) is 5.69 Å². The lowest BCUT2D eigenvalue weighted by Crippen LogP contribution is -2.59. The summed E-state index contributed by atoms with van der Waals surface area (Å²) in [6.07, 6.45) is 0.883. The summed E-state index contributed by atoms with van der Waals surface area (Å²) in [5, 5.41) is 19.1. The first-order chi connectivity index (χ1) is 10.8. The SMILES string of the molecule is CCOC(=O)C(F)(F)C1(O)CCN(c2ccnc(C#N)c2)CC1. The van der Waals surface area contributed by atoms with E-state index in [1.165, 1.54) is 13.1 Å². The average molecular weight is 325 g/mol. The van der Waals surface area contributed by atoms with Gasteiger partial charge in [-0.1, -0.05) is 0 Å². The van der Waals surface area contributed by atoms with Gasteiger partial charge in [-0.3, -0.25) is 0 Å². The number of carbonyl (C=O) groups excluding carboxylic acids is 1. The highest BCUT2D eigenvalue weighted by Crippen LogP contribution is 2.39. The van der Waals surface area contributed by atoms with Crippen LogP contribution >= 0.6 is 0 Å². The van der Waals surface area contributed by atoms with Gasteiger partial charge in [0, 0.05) is 37.8 Å². The molecule has 0 amide bonds. The van der Waals surface area contributed by atoms with Crippen molar-refractivity contribution < 1.29 is 23.4 Å². The Bertz CT molecular complexity index is 623. The van der Waals surface area contributed by atoms with Crippen molar-refractivity contribution in [3.8, 4) is 6.07 Å². The van der Waals surface area contributed by atoms with E-state index in [0.717, 1.165) is 0 Å². The van der Waals surface area contributed by atoms with Crippen molar-refractivity contribution in [2.24, 2.45) is 0 Å². The fraction of sp³-hybridized carbons (Fsp3) is 0.533. The van der Waals surface area contributed by atoms with Crippen LogP contribution in [0.5, 0.6) is 0 Å². The van der Waals surface area contributed by atoms with E-state index in [4.69, 9.17) is 5.26 Å². The quantitative estimate of drug-likeness (QED) is 0.844. The van der Waals surface area contributed by atoms with Gasteiger partial charge in [-0.05, 0) is 19.1 Å². The Morgan fingerprint density at radius 3 is 2.78 bits per heavy atom. The maximum atomic E-state index is 14.1. The van der Waals surface area contributed by atoms with Gasteiger partial charge >= 0.3 is 11.9 Å². The Labute approximate surface area is 132 Å². The number of carbonyl (C=O) groups is 1. The molecular formula is C15H17F2N3O3. The Kier molecular flexibility index (Phi) is 4.80. The normalized spacial score (nSPS) is 17.4. The third-order valence-corrected chi connectivity index (χ3v) is 3.93. The molecule has 124 valence electrons. The highest BCUT2D eigenvalue weighted by Gasteiger charge is 2.60. The van der Waals surface area contributed by atoms with E-state index in [1.54, 1.807) is 17.0 Å². The number of anilines is 1. The molecule has 1 saturated heterocycles. The predicted molar refractivity (Wildman–Crippen MR) is 76.9 cm³/mol. The second kappa shape index (κ2) is 6.46. The minimum absolute atomic E-state index is 0.125. The molecule has 0 aliphatic carbocycles. The average Bonchev–Trinajstić information content (AvgIpc) is 2.55. The van der Waals surface area contributed by atoms with Gasteiger partial charge < -0.3 is 14.7 Å². The van der Waals surface area contributed by atoms with Crippen molar-refractivity contribution >= 4 is 11.7 Å². The van der Waals surface area contributed by atoms with Crippen molar-refractivity contribution in [3.05, 3.63) is 24.0 Å². The summed E-state index contributed by atoms with van der Waals surface area (Å²) in [4.78, 5) is 17.0. The molecule has 1 aliphatic rings. The van der Waals surface area contributed by atoms with Crippen LogP contribution in [0, 0.1) is 11.3 Å². The number of halogens is 2. The van der Waals surface area contributed by atoms with Crippen molar-refractivity contribution in [1.29, 1.82) is 5.26 Å². The second-order valence-electron chi connectivity index (χ2n) is 5.32. The Balaban J connectivity index is 2.10. The number of ether oxygens (including phenoxy) is 1. The first-order valence-electron chi connectivity index (χ1n) is 7.22. The largest absolute Gasteiger partial charge is 0.461 e. The lowest BCUT2D eigenvalue weighted by atomic mass is 9.85. The number of hydrogen-bond donors (Lipinski definition) is 1. The number of nitriles is 1. The molecule has 2 heterocycles. The molecule has 1 aromatic heterocycles. The zero-order valence-corrected chi connectivity index (χ0v) is 12.6. The van der Waals surface area contributed by atoms with Crippen LogP contribution < -0.4 is 4.90 Å². The maximum absolute atomic E-state index is 14.1. The molecule has 0 spiro atoms. The van der Waals surface area contributed by atoms with Crippen molar-refractivity contribution in [3.63, 3.8) is 0 Å². The number of aliphatic hydroxyl groups is 1. The van der Waals surface area contributed by atoms with E-state index in [9.17, 15) is 18.7 Å². The van der Waals surface area contributed by atoms with Gasteiger partial charge in [0.1, 0.15) is 17.4 Å². The number of hydrogen-bond acceptors (Lipinski definition) is 6. The topological polar surface area (TPSA) is 86.5 Å². The van der Waals surface area contributed by atoms with E-state index in [-0.39, 0.29) is 38.2 Å². The zero-order valence-electron chi connectivity index (χ0n) is 12.6. The molecule has 1 fully saturated rings. The molecule has 2 rings (SSSR count). The van der Waals surface area contributed by atoms with Crippen LogP contribution in [-0.2, 0) is 9.53 Å². The van der Waals surface area contributed by atoms with E-state index < -0.39 is 17.5 Å². The van der Waals surface area contributed by atoms with Crippen LogP contribution in [0.3, 0.4) is 0 Å². The molecule has 0 bridgehead atoms. The lowest BCUT2D eigenvalue weighted by Gasteiger charge is -2.42. The van der Waals surface area contributed by atoms with Crippen LogP contribution in [0.1, 0.15) is 25.5 Å². The molecule has 0 saturated carbocycles.